The maximum absolute atomic E-state index is 12.2. The minimum Gasteiger partial charge on any atom is -0.369 e. The van der Waals surface area contributed by atoms with Gasteiger partial charge in [-0.25, -0.2) is 4.98 Å². The average Bonchev–Trinajstić information content (AvgIpc) is 3.19. The first-order chi connectivity index (χ1) is 11.3. The van der Waals surface area contributed by atoms with Crippen LogP contribution in [-0.4, -0.2) is 35.7 Å². The van der Waals surface area contributed by atoms with Crippen LogP contribution in [0.1, 0.15) is 16.1 Å². The fourth-order valence-corrected chi connectivity index (χ4v) is 2.97. The van der Waals surface area contributed by atoms with Gasteiger partial charge in [0.15, 0.2) is 0 Å². The SMILES string of the molecule is O=C(NCCN1CCc2ccccc21)c1onc2ncccc12. The molecule has 0 bridgehead atoms. The Morgan fingerprint density at radius 1 is 1.26 bits per heavy atom. The second-order valence-electron chi connectivity index (χ2n) is 5.51. The second-order valence-corrected chi connectivity index (χ2v) is 5.51. The average molecular weight is 308 g/mol. The fraction of sp³-hybridized carbons (Fsp3) is 0.235. The van der Waals surface area contributed by atoms with Gasteiger partial charge in [-0.2, -0.15) is 0 Å². The van der Waals surface area contributed by atoms with Crippen LogP contribution in [0.4, 0.5) is 5.69 Å². The van der Waals surface area contributed by atoms with Gasteiger partial charge in [0.25, 0.3) is 5.91 Å². The van der Waals surface area contributed by atoms with Crippen LogP contribution in [-0.2, 0) is 6.42 Å². The molecule has 0 radical (unpaired) electrons. The first-order valence-electron chi connectivity index (χ1n) is 7.64. The molecule has 1 N–H and O–H groups in total. The summed E-state index contributed by atoms with van der Waals surface area (Å²) in [5.74, 6) is -0.0390. The van der Waals surface area contributed by atoms with E-state index in [1.807, 2.05) is 6.07 Å². The molecule has 1 amide bonds. The van der Waals surface area contributed by atoms with Gasteiger partial charge in [0.1, 0.15) is 0 Å². The lowest BCUT2D eigenvalue weighted by Gasteiger charge is -2.19. The lowest BCUT2D eigenvalue weighted by atomic mass is 10.2. The van der Waals surface area contributed by atoms with Crippen molar-refractivity contribution in [1.82, 2.24) is 15.5 Å². The first kappa shape index (κ1) is 13.8. The van der Waals surface area contributed by atoms with Gasteiger partial charge in [0, 0.05) is 31.5 Å². The smallest absolute Gasteiger partial charge is 0.290 e. The molecule has 1 aliphatic rings. The van der Waals surface area contributed by atoms with Crippen LogP contribution in [0.25, 0.3) is 11.0 Å². The monoisotopic (exact) mass is 308 g/mol. The zero-order valence-corrected chi connectivity index (χ0v) is 12.5. The molecule has 0 unspecified atom stereocenters. The standard InChI is InChI=1S/C17H16N4O2/c22-17(15-13-5-3-8-18-16(13)20-23-15)19-9-11-21-10-7-12-4-1-2-6-14(12)21/h1-6,8H,7,9-11H2,(H,19,22). The summed E-state index contributed by atoms with van der Waals surface area (Å²) < 4.78 is 5.12. The number of carbonyl (C=O) groups is 1. The van der Waals surface area contributed by atoms with E-state index in [4.69, 9.17) is 4.52 Å². The van der Waals surface area contributed by atoms with E-state index in [0.29, 0.717) is 17.6 Å². The van der Waals surface area contributed by atoms with E-state index >= 15 is 0 Å². The molecule has 4 rings (SSSR count). The zero-order valence-electron chi connectivity index (χ0n) is 12.5. The number of benzene rings is 1. The van der Waals surface area contributed by atoms with E-state index in [-0.39, 0.29) is 11.7 Å². The molecule has 0 aliphatic carbocycles. The maximum Gasteiger partial charge on any atom is 0.290 e. The number of nitrogens with zero attached hydrogens (tertiary/aromatic N) is 3. The van der Waals surface area contributed by atoms with E-state index < -0.39 is 0 Å². The highest BCUT2D eigenvalue weighted by Gasteiger charge is 2.19. The molecule has 6 nitrogen and oxygen atoms in total. The summed E-state index contributed by atoms with van der Waals surface area (Å²) in [4.78, 5) is 18.6. The number of pyridine rings is 1. The summed E-state index contributed by atoms with van der Waals surface area (Å²) in [6.45, 7) is 2.31. The van der Waals surface area contributed by atoms with Gasteiger partial charge in [-0.05, 0) is 30.2 Å². The van der Waals surface area contributed by atoms with Gasteiger partial charge in [0.05, 0.1) is 5.39 Å². The molecule has 0 fully saturated rings. The van der Waals surface area contributed by atoms with Gasteiger partial charge >= 0.3 is 0 Å². The van der Waals surface area contributed by atoms with Crippen LogP contribution in [0.5, 0.6) is 0 Å². The Balaban J connectivity index is 1.39. The van der Waals surface area contributed by atoms with Crippen molar-refractivity contribution in [1.29, 1.82) is 0 Å². The van der Waals surface area contributed by atoms with Gasteiger partial charge in [0.2, 0.25) is 11.4 Å². The molecule has 6 heteroatoms. The van der Waals surface area contributed by atoms with Crippen molar-refractivity contribution < 1.29 is 9.32 Å². The van der Waals surface area contributed by atoms with Crippen LogP contribution in [0.2, 0.25) is 0 Å². The maximum atomic E-state index is 12.2. The van der Waals surface area contributed by atoms with Crippen molar-refractivity contribution in [2.24, 2.45) is 0 Å². The molecule has 3 heterocycles. The van der Waals surface area contributed by atoms with E-state index in [1.165, 1.54) is 11.3 Å². The van der Waals surface area contributed by atoms with Crippen LogP contribution in [0.15, 0.2) is 47.1 Å². The summed E-state index contributed by atoms with van der Waals surface area (Å²) in [5, 5.41) is 7.33. The van der Waals surface area contributed by atoms with Gasteiger partial charge in [-0.3, -0.25) is 4.79 Å². The minimum absolute atomic E-state index is 0.218. The van der Waals surface area contributed by atoms with E-state index in [9.17, 15) is 4.79 Å². The molecule has 116 valence electrons. The van der Waals surface area contributed by atoms with Crippen LogP contribution in [0.3, 0.4) is 0 Å². The lowest BCUT2D eigenvalue weighted by Crippen LogP contribution is -2.34. The van der Waals surface area contributed by atoms with Gasteiger partial charge in [-0.15, -0.1) is 0 Å². The van der Waals surface area contributed by atoms with E-state index in [2.05, 4.69) is 38.6 Å². The highest BCUT2D eigenvalue weighted by molar-refractivity contribution is 6.02. The number of rotatable bonds is 4. The van der Waals surface area contributed by atoms with Crippen molar-refractivity contribution >= 4 is 22.6 Å². The minimum atomic E-state index is -0.256. The van der Waals surface area contributed by atoms with Crippen molar-refractivity contribution in [3.05, 3.63) is 53.9 Å². The molecule has 23 heavy (non-hydrogen) atoms. The summed E-state index contributed by atoms with van der Waals surface area (Å²) in [5.41, 5.74) is 3.08. The van der Waals surface area contributed by atoms with Crippen molar-refractivity contribution in [3.8, 4) is 0 Å². The lowest BCUT2D eigenvalue weighted by molar-refractivity contribution is 0.0920. The van der Waals surface area contributed by atoms with Crippen LogP contribution in [0, 0.1) is 0 Å². The largest absolute Gasteiger partial charge is 0.369 e. The molecule has 2 aromatic heterocycles. The summed E-state index contributed by atoms with van der Waals surface area (Å²) in [6, 6.07) is 11.9. The Hall–Kier alpha value is -2.89. The molecule has 0 atom stereocenters. The number of amides is 1. The third-order valence-corrected chi connectivity index (χ3v) is 4.11. The van der Waals surface area contributed by atoms with Gasteiger partial charge < -0.3 is 14.7 Å². The molecule has 3 aromatic rings. The zero-order chi connectivity index (χ0) is 15.6. The topological polar surface area (TPSA) is 71.3 Å². The highest BCUT2D eigenvalue weighted by Crippen LogP contribution is 2.26. The Morgan fingerprint density at radius 3 is 3.13 bits per heavy atom. The van der Waals surface area contributed by atoms with Crippen molar-refractivity contribution in [3.63, 3.8) is 0 Å². The molecule has 0 spiro atoms. The summed E-state index contributed by atoms with van der Waals surface area (Å²) in [7, 11) is 0. The van der Waals surface area contributed by atoms with Gasteiger partial charge in [-0.1, -0.05) is 23.4 Å². The molecule has 0 saturated carbocycles. The third kappa shape index (κ3) is 2.52. The third-order valence-electron chi connectivity index (χ3n) is 4.11. The normalized spacial score (nSPS) is 13.3. The highest BCUT2D eigenvalue weighted by atomic mass is 16.5. The number of para-hydroxylation sites is 1. The quantitative estimate of drug-likeness (QED) is 0.798. The van der Waals surface area contributed by atoms with Crippen molar-refractivity contribution in [2.75, 3.05) is 24.5 Å². The number of aromatic nitrogens is 2. The van der Waals surface area contributed by atoms with Crippen LogP contribution >= 0.6 is 0 Å². The summed E-state index contributed by atoms with van der Waals surface area (Å²) in [6.07, 6.45) is 2.68. The van der Waals surface area contributed by atoms with E-state index in [1.54, 1.807) is 18.3 Å². The predicted octanol–water partition coefficient (Wildman–Crippen LogP) is 2.02. The van der Waals surface area contributed by atoms with Crippen molar-refractivity contribution in [2.45, 2.75) is 6.42 Å². The Labute approximate surface area is 133 Å². The number of nitrogens with one attached hydrogen (secondary N) is 1. The summed E-state index contributed by atoms with van der Waals surface area (Å²) >= 11 is 0. The Kier molecular flexibility index (Phi) is 3.42. The van der Waals surface area contributed by atoms with Crippen LogP contribution < -0.4 is 10.2 Å². The first-order valence-corrected chi connectivity index (χ1v) is 7.64. The number of carbonyl (C=O) groups excluding carboxylic acids is 1. The number of hydrogen-bond donors (Lipinski definition) is 1. The molecule has 1 aliphatic heterocycles. The molecule has 0 saturated heterocycles. The number of hydrogen-bond acceptors (Lipinski definition) is 5. The predicted molar refractivity (Wildman–Crippen MR) is 86.5 cm³/mol. The Bertz CT molecular complexity index is 858. The van der Waals surface area contributed by atoms with E-state index in [0.717, 1.165) is 19.5 Å². The number of anilines is 1. The number of fused-ring (bicyclic) bond motifs is 2. The fourth-order valence-electron chi connectivity index (χ4n) is 2.97. The molecular formula is C17H16N4O2. The molecule has 1 aromatic carbocycles. The Morgan fingerprint density at radius 2 is 2.17 bits per heavy atom. The second kappa shape index (κ2) is 5.72. The molecular weight excluding hydrogens is 292 g/mol.